The lowest BCUT2D eigenvalue weighted by Crippen LogP contribution is -2.38. The second-order valence-electron chi connectivity index (χ2n) is 5.32. The summed E-state index contributed by atoms with van der Waals surface area (Å²) < 4.78 is 5.23. The second-order valence-corrected chi connectivity index (χ2v) is 5.32. The third kappa shape index (κ3) is 4.56. The van der Waals surface area contributed by atoms with Gasteiger partial charge in [0.25, 0.3) is 0 Å². The number of nitrogens with one attached hydrogen (secondary N) is 1. The van der Waals surface area contributed by atoms with Crippen molar-refractivity contribution in [2.45, 2.75) is 32.4 Å². The Morgan fingerprint density at radius 2 is 2.42 bits per heavy atom. The van der Waals surface area contributed by atoms with E-state index in [2.05, 4.69) is 28.2 Å². The van der Waals surface area contributed by atoms with Gasteiger partial charge in [-0.2, -0.15) is 0 Å². The smallest absolute Gasteiger partial charge is 0.0589 e. The van der Waals surface area contributed by atoms with Crippen LogP contribution in [-0.4, -0.2) is 49.3 Å². The normalized spacial score (nSPS) is 19.2. The van der Waals surface area contributed by atoms with Crippen LogP contribution in [0.3, 0.4) is 0 Å². The Kier molecular flexibility index (Phi) is 5.76. The number of hydrogen-bond donors (Lipinski definition) is 1. The summed E-state index contributed by atoms with van der Waals surface area (Å²) in [5.41, 5.74) is 2.63. The van der Waals surface area contributed by atoms with Gasteiger partial charge in [-0.15, -0.1) is 0 Å². The van der Waals surface area contributed by atoms with E-state index >= 15 is 0 Å². The van der Waals surface area contributed by atoms with Gasteiger partial charge in [-0.25, -0.2) is 0 Å². The molecular formula is C15H25N3O. The van der Waals surface area contributed by atoms with Gasteiger partial charge in [0.15, 0.2) is 0 Å². The Balaban J connectivity index is 1.94. The zero-order chi connectivity index (χ0) is 13.5. The van der Waals surface area contributed by atoms with Crippen LogP contribution in [0.15, 0.2) is 18.5 Å². The third-order valence-corrected chi connectivity index (χ3v) is 3.79. The van der Waals surface area contributed by atoms with E-state index in [4.69, 9.17) is 4.74 Å². The van der Waals surface area contributed by atoms with Crippen molar-refractivity contribution in [3.05, 3.63) is 29.6 Å². The molecule has 0 spiro atoms. The molecule has 19 heavy (non-hydrogen) atoms. The number of rotatable bonds is 7. The van der Waals surface area contributed by atoms with Gasteiger partial charge < -0.3 is 10.1 Å². The van der Waals surface area contributed by atoms with Crippen molar-refractivity contribution in [2.75, 3.05) is 33.4 Å². The summed E-state index contributed by atoms with van der Waals surface area (Å²) in [6, 6.07) is 2.71. The van der Waals surface area contributed by atoms with Crippen LogP contribution in [0.5, 0.6) is 0 Å². The number of aromatic nitrogens is 1. The lowest BCUT2D eigenvalue weighted by Gasteiger charge is -2.26. The highest BCUT2D eigenvalue weighted by atomic mass is 16.5. The topological polar surface area (TPSA) is 37.4 Å². The van der Waals surface area contributed by atoms with E-state index in [9.17, 15) is 0 Å². The van der Waals surface area contributed by atoms with Gasteiger partial charge in [-0.3, -0.25) is 9.88 Å². The van der Waals surface area contributed by atoms with Crippen molar-refractivity contribution in [2.24, 2.45) is 0 Å². The van der Waals surface area contributed by atoms with E-state index in [-0.39, 0.29) is 0 Å². The largest absolute Gasteiger partial charge is 0.383 e. The van der Waals surface area contributed by atoms with Crippen molar-refractivity contribution in [3.63, 3.8) is 0 Å². The molecule has 1 unspecified atom stereocenters. The molecular weight excluding hydrogens is 238 g/mol. The van der Waals surface area contributed by atoms with E-state index in [1.165, 1.54) is 24.0 Å². The fourth-order valence-electron chi connectivity index (χ4n) is 2.58. The van der Waals surface area contributed by atoms with Crippen LogP contribution < -0.4 is 5.32 Å². The molecule has 2 rings (SSSR count). The summed E-state index contributed by atoms with van der Waals surface area (Å²) in [5, 5.41) is 3.57. The maximum atomic E-state index is 5.23. The van der Waals surface area contributed by atoms with Gasteiger partial charge in [-0.1, -0.05) is 0 Å². The number of pyridine rings is 1. The van der Waals surface area contributed by atoms with Gasteiger partial charge in [0.2, 0.25) is 0 Å². The molecule has 1 aliphatic heterocycles. The first kappa shape index (κ1) is 14.4. The van der Waals surface area contributed by atoms with Crippen molar-refractivity contribution >= 4 is 0 Å². The molecule has 1 atom stereocenters. The van der Waals surface area contributed by atoms with E-state index in [1.807, 2.05) is 12.4 Å². The molecule has 1 saturated heterocycles. The fourth-order valence-corrected chi connectivity index (χ4v) is 2.58. The second kappa shape index (κ2) is 7.58. The van der Waals surface area contributed by atoms with Gasteiger partial charge in [0, 0.05) is 45.2 Å². The molecule has 0 aliphatic carbocycles. The first-order valence-electron chi connectivity index (χ1n) is 7.13. The molecule has 2 heterocycles. The first-order valence-corrected chi connectivity index (χ1v) is 7.13. The summed E-state index contributed by atoms with van der Waals surface area (Å²) in [6.07, 6.45) is 6.43. The van der Waals surface area contributed by atoms with E-state index in [0.717, 1.165) is 32.8 Å². The third-order valence-electron chi connectivity index (χ3n) is 3.79. The average Bonchev–Trinajstić information content (AvgIpc) is 2.91. The van der Waals surface area contributed by atoms with E-state index < -0.39 is 0 Å². The van der Waals surface area contributed by atoms with E-state index in [1.54, 1.807) is 7.11 Å². The van der Waals surface area contributed by atoms with Gasteiger partial charge in [0.05, 0.1) is 6.61 Å². The van der Waals surface area contributed by atoms with Crippen LogP contribution in [0.4, 0.5) is 0 Å². The molecule has 1 fully saturated rings. The number of aryl methyl sites for hydroxylation is 1. The van der Waals surface area contributed by atoms with Gasteiger partial charge in [-0.05, 0) is 43.5 Å². The maximum Gasteiger partial charge on any atom is 0.0589 e. The standard InChI is InChI=1S/C15H25N3O/c1-13-5-7-16-10-14(13)11-18(8-9-19-2)12-15-4-3-6-17-15/h5,7,10,15,17H,3-4,6,8-9,11-12H2,1-2H3. The number of hydrogen-bond acceptors (Lipinski definition) is 4. The molecule has 1 N–H and O–H groups in total. The van der Waals surface area contributed by atoms with Crippen LogP contribution in [0.25, 0.3) is 0 Å². The summed E-state index contributed by atoms with van der Waals surface area (Å²) in [4.78, 5) is 6.71. The first-order chi connectivity index (χ1) is 9.29. The minimum Gasteiger partial charge on any atom is -0.383 e. The molecule has 4 nitrogen and oxygen atoms in total. The quantitative estimate of drug-likeness (QED) is 0.810. The Morgan fingerprint density at radius 3 is 3.11 bits per heavy atom. The summed E-state index contributed by atoms with van der Waals surface area (Å²) >= 11 is 0. The summed E-state index contributed by atoms with van der Waals surface area (Å²) in [5.74, 6) is 0. The zero-order valence-electron chi connectivity index (χ0n) is 12.1. The average molecular weight is 263 g/mol. The van der Waals surface area contributed by atoms with Gasteiger partial charge in [0.1, 0.15) is 0 Å². The van der Waals surface area contributed by atoms with Crippen molar-refractivity contribution in [3.8, 4) is 0 Å². The Labute approximate surface area is 116 Å². The molecule has 0 aromatic carbocycles. The van der Waals surface area contributed by atoms with Crippen LogP contribution in [-0.2, 0) is 11.3 Å². The number of nitrogens with zero attached hydrogens (tertiary/aromatic N) is 2. The van der Waals surface area contributed by atoms with Crippen LogP contribution in [0.1, 0.15) is 24.0 Å². The van der Waals surface area contributed by atoms with Crippen molar-refractivity contribution in [1.29, 1.82) is 0 Å². The highest BCUT2D eigenvalue weighted by molar-refractivity contribution is 5.21. The van der Waals surface area contributed by atoms with Crippen LogP contribution in [0.2, 0.25) is 0 Å². The zero-order valence-corrected chi connectivity index (χ0v) is 12.1. The summed E-state index contributed by atoms with van der Waals surface area (Å²) in [6.45, 7) is 7.13. The molecule has 1 aromatic heterocycles. The highest BCUT2D eigenvalue weighted by Gasteiger charge is 2.18. The van der Waals surface area contributed by atoms with Crippen LogP contribution in [0, 0.1) is 6.92 Å². The lowest BCUT2D eigenvalue weighted by molar-refractivity contribution is 0.138. The Hall–Kier alpha value is -0.970. The monoisotopic (exact) mass is 263 g/mol. The number of methoxy groups -OCH3 is 1. The van der Waals surface area contributed by atoms with Crippen molar-refractivity contribution in [1.82, 2.24) is 15.2 Å². The van der Waals surface area contributed by atoms with Crippen molar-refractivity contribution < 1.29 is 4.74 Å². The minimum absolute atomic E-state index is 0.633. The van der Waals surface area contributed by atoms with Crippen LogP contribution >= 0.6 is 0 Å². The predicted molar refractivity (Wildman–Crippen MR) is 77.2 cm³/mol. The molecule has 106 valence electrons. The predicted octanol–water partition coefficient (Wildman–Crippen LogP) is 1.59. The molecule has 4 heteroatoms. The molecule has 0 radical (unpaired) electrons. The molecule has 0 bridgehead atoms. The van der Waals surface area contributed by atoms with E-state index in [0.29, 0.717) is 6.04 Å². The Morgan fingerprint density at radius 1 is 1.53 bits per heavy atom. The highest BCUT2D eigenvalue weighted by Crippen LogP contribution is 2.12. The maximum absolute atomic E-state index is 5.23. The molecule has 1 aliphatic rings. The number of ether oxygens (including phenoxy) is 1. The lowest BCUT2D eigenvalue weighted by atomic mass is 10.1. The SMILES string of the molecule is COCCN(Cc1cnccc1C)CC1CCCN1. The Bertz CT molecular complexity index is 377. The molecule has 1 aromatic rings. The molecule has 0 saturated carbocycles. The fraction of sp³-hybridized carbons (Fsp3) is 0.667. The van der Waals surface area contributed by atoms with Gasteiger partial charge >= 0.3 is 0 Å². The molecule has 0 amide bonds. The summed E-state index contributed by atoms with van der Waals surface area (Å²) in [7, 11) is 1.77. The minimum atomic E-state index is 0.633.